The average Bonchev–Trinajstić information content (AvgIpc) is 3.11. The van der Waals surface area contributed by atoms with Crippen molar-refractivity contribution in [1.29, 1.82) is 0 Å². The van der Waals surface area contributed by atoms with Crippen molar-refractivity contribution in [3.63, 3.8) is 0 Å². The Labute approximate surface area is 153 Å². The van der Waals surface area contributed by atoms with Gasteiger partial charge in [0, 0.05) is 17.3 Å². The molecule has 0 unspecified atom stereocenters. The number of nitro groups is 1. The Balaban J connectivity index is 1.67. The number of nitrogens with one attached hydrogen (secondary N) is 1. The highest BCUT2D eigenvalue weighted by Crippen LogP contribution is 2.27. The number of halogens is 1. The molecular weight excluding hydrogens is 360 g/mol. The van der Waals surface area contributed by atoms with Crippen molar-refractivity contribution in [1.82, 2.24) is 10.1 Å². The Morgan fingerprint density at radius 1 is 1.27 bits per heavy atom. The zero-order valence-electron chi connectivity index (χ0n) is 13.8. The molecule has 0 aliphatic rings. The number of ether oxygens (including phenoxy) is 1. The molecule has 0 bridgehead atoms. The van der Waals surface area contributed by atoms with Crippen LogP contribution >= 0.6 is 11.6 Å². The lowest BCUT2D eigenvalue weighted by Gasteiger charge is -2.03. The number of benzene rings is 2. The monoisotopic (exact) mass is 374 g/mol. The van der Waals surface area contributed by atoms with E-state index in [2.05, 4.69) is 15.5 Å². The lowest BCUT2D eigenvalue weighted by molar-refractivity contribution is -0.384. The summed E-state index contributed by atoms with van der Waals surface area (Å²) in [5.74, 6) is 1.57. The number of rotatable bonds is 7. The minimum atomic E-state index is -0.537. The van der Waals surface area contributed by atoms with Crippen molar-refractivity contribution < 1.29 is 14.2 Å². The maximum absolute atomic E-state index is 10.9. The second-order valence-corrected chi connectivity index (χ2v) is 5.65. The fourth-order valence-electron chi connectivity index (χ4n) is 2.25. The molecule has 1 N–H and O–H groups in total. The lowest BCUT2D eigenvalue weighted by Crippen LogP contribution is -2.00. The molecule has 8 nitrogen and oxygen atoms in total. The fourth-order valence-corrected chi connectivity index (χ4v) is 2.44. The Morgan fingerprint density at radius 3 is 2.73 bits per heavy atom. The largest absolute Gasteiger partial charge is 0.494 e. The third-order valence-electron chi connectivity index (χ3n) is 3.48. The van der Waals surface area contributed by atoms with Crippen molar-refractivity contribution in [3.8, 4) is 17.1 Å². The van der Waals surface area contributed by atoms with E-state index in [-0.39, 0.29) is 17.3 Å². The highest BCUT2D eigenvalue weighted by Gasteiger charge is 2.13. The number of nitro benzene ring substituents is 1. The van der Waals surface area contributed by atoms with Crippen LogP contribution in [0.2, 0.25) is 5.02 Å². The number of hydrogen-bond acceptors (Lipinski definition) is 7. The first-order valence-corrected chi connectivity index (χ1v) is 8.18. The summed E-state index contributed by atoms with van der Waals surface area (Å²) < 4.78 is 10.6. The van der Waals surface area contributed by atoms with Gasteiger partial charge in [-0.25, -0.2) is 0 Å². The van der Waals surface area contributed by atoms with Crippen LogP contribution in [0.25, 0.3) is 11.4 Å². The second kappa shape index (κ2) is 7.83. The predicted molar refractivity (Wildman–Crippen MR) is 96.3 cm³/mol. The predicted octanol–water partition coefficient (Wildman–Crippen LogP) is 4.31. The van der Waals surface area contributed by atoms with Crippen LogP contribution in [0.15, 0.2) is 47.0 Å². The molecule has 0 fully saturated rings. The third-order valence-corrected chi connectivity index (χ3v) is 3.80. The normalized spacial score (nSPS) is 10.5. The Bertz CT molecular complexity index is 911. The van der Waals surface area contributed by atoms with Crippen molar-refractivity contribution in [3.05, 3.63) is 63.5 Å². The minimum Gasteiger partial charge on any atom is -0.494 e. The highest BCUT2D eigenvalue weighted by atomic mass is 35.5. The molecule has 0 saturated heterocycles. The quantitative estimate of drug-likeness (QED) is 0.485. The first-order valence-electron chi connectivity index (χ1n) is 7.80. The first kappa shape index (κ1) is 17.7. The van der Waals surface area contributed by atoms with Crippen molar-refractivity contribution in [2.45, 2.75) is 13.5 Å². The van der Waals surface area contributed by atoms with Crippen LogP contribution in [0.1, 0.15) is 12.8 Å². The smallest absolute Gasteiger partial charge is 0.289 e. The standard InChI is InChI=1S/C17H15ClN4O4/c1-2-25-13-6-3-11(4-7-13)17-20-16(26-21-17)10-19-12-5-8-14(18)15(9-12)22(23)24/h3-9,19H,2,10H2,1H3. The van der Waals surface area contributed by atoms with Crippen LogP contribution < -0.4 is 10.1 Å². The summed E-state index contributed by atoms with van der Waals surface area (Å²) in [5.41, 5.74) is 1.16. The fraction of sp³-hybridized carbons (Fsp3) is 0.176. The van der Waals surface area contributed by atoms with Crippen molar-refractivity contribution in [2.24, 2.45) is 0 Å². The Hall–Kier alpha value is -3.13. The molecule has 0 spiro atoms. The van der Waals surface area contributed by atoms with E-state index in [1.54, 1.807) is 6.07 Å². The van der Waals surface area contributed by atoms with Gasteiger partial charge in [-0.15, -0.1) is 0 Å². The summed E-state index contributed by atoms with van der Waals surface area (Å²) in [6.45, 7) is 2.74. The van der Waals surface area contributed by atoms with Gasteiger partial charge < -0.3 is 14.6 Å². The SMILES string of the molecule is CCOc1ccc(-c2noc(CNc3ccc(Cl)c([N+](=O)[O-])c3)n2)cc1. The van der Waals surface area contributed by atoms with Crippen LogP contribution in [0.3, 0.4) is 0 Å². The van der Waals surface area contributed by atoms with E-state index >= 15 is 0 Å². The van der Waals surface area contributed by atoms with Crippen LogP contribution in [0, 0.1) is 10.1 Å². The lowest BCUT2D eigenvalue weighted by atomic mass is 10.2. The van der Waals surface area contributed by atoms with Gasteiger partial charge in [0.05, 0.1) is 18.1 Å². The molecule has 3 rings (SSSR count). The Kier molecular flexibility index (Phi) is 5.33. The highest BCUT2D eigenvalue weighted by molar-refractivity contribution is 6.32. The van der Waals surface area contributed by atoms with E-state index in [1.165, 1.54) is 12.1 Å². The number of hydrogen-bond donors (Lipinski definition) is 1. The third kappa shape index (κ3) is 4.09. The van der Waals surface area contributed by atoms with Gasteiger partial charge in [0.25, 0.3) is 5.69 Å². The summed E-state index contributed by atoms with van der Waals surface area (Å²) in [7, 11) is 0. The molecule has 0 aliphatic carbocycles. The van der Waals surface area contributed by atoms with Crippen LogP contribution in [0.4, 0.5) is 11.4 Å². The molecule has 0 aliphatic heterocycles. The molecular formula is C17H15ClN4O4. The van der Waals surface area contributed by atoms with Crippen molar-refractivity contribution >= 4 is 23.0 Å². The van der Waals surface area contributed by atoms with Gasteiger partial charge in [-0.1, -0.05) is 16.8 Å². The summed E-state index contributed by atoms with van der Waals surface area (Å²) in [6.07, 6.45) is 0. The van der Waals surface area contributed by atoms with Gasteiger partial charge >= 0.3 is 0 Å². The summed E-state index contributed by atoms with van der Waals surface area (Å²) in [5, 5.41) is 17.9. The summed E-state index contributed by atoms with van der Waals surface area (Å²) in [4.78, 5) is 14.7. The maximum Gasteiger partial charge on any atom is 0.289 e. The van der Waals surface area contributed by atoms with Gasteiger partial charge in [0.2, 0.25) is 11.7 Å². The van der Waals surface area contributed by atoms with Crippen LogP contribution in [0.5, 0.6) is 5.75 Å². The molecule has 3 aromatic rings. The molecule has 9 heteroatoms. The molecule has 2 aromatic carbocycles. The zero-order valence-corrected chi connectivity index (χ0v) is 14.6. The molecule has 0 amide bonds. The number of nitrogens with zero attached hydrogens (tertiary/aromatic N) is 3. The van der Waals surface area contributed by atoms with Crippen LogP contribution in [-0.2, 0) is 6.54 Å². The van der Waals surface area contributed by atoms with Gasteiger partial charge in [0.15, 0.2) is 0 Å². The van der Waals surface area contributed by atoms with E-state index < -0.39 is 4.92 Å². The minimum absolute atomic E-state index is 0.0797. The summed E-state index contributed by atoms with van der Waals surface area (Å²) in [6, 6.07) is 11.8. The molecule has 1 heterocycles. The molecule has 134 valence electrons. The Morgan fingerprint density at radius 2 is 2.04 bits per heavy atom. The van der Waals surface area contributed by atoms with E-state index in [0.29, 0.717) is 24.0 Å². The second-order valence-electron chi connectivity index (χ2n) is 5.25. The van der Waals surface area contributed by atoms with Gasteiger partial charge in [-0.2, -0.15) is 4.98 Å². The van der Waals surface area contributed by atoms with Gasteiger partial charge in [-0.05, 0) is 43.3 Å². The maximum atomic E-state index is 10.9. The zero-order chi connectivity index (χ0) is 18.5. The summed E-state index contributed by atoms with van der Waals surface area (Å²) >= 11 is 5.79. The molecule has 26 heavy (non-hydrogen) atoms. The topological polar surface area (TPSA) is 103 Å². The molecule has 0 atom stereocenters. The molecule has 1 aromatic heterocycles. The van der Waals surface area contributed by atoms with Gasteiger partial charge in [-0.3, -0.25) is 10.1 Å². The van der Waals surface area contributed by atoms with E-state index in [1.807, 2.05) is 31.2 Å². The van der Waals surface area contributed by atoms with Gasteiger partial charge in [0.1, 0.15) is 10.8 Å². The van der Waals surface area contributed by atoms with E-state index in [0.717, 1.165) is 11.3 Å². The van der Waals surface area contributed by atoms with E-state index in [9.17, 15) is 10.1 Å². The average molecular weight is 375 g/mol. The first-order chi connectivity index (χ1) is 12.6. The number of aromatic nitrogens is 2. The van der Waals surface area contributed by atoms with Crippen molar-refractivity contribution in [2.75, 3.05) is 11.9 Å². The van der Waals surface area contributed by atoms with Crippen LogP contribution in [-0.4, -0.2) is 21.7 Å². The molecule has 0 radical (unpaired) electrons. The number of anilines is 1. The van der Waals surface area contributed by atoms with E-state index in [4.69, 9.17) is 20.9 Å². The molecule has 0 saturated carbocycles.